The molecular weight excluding hydrogens is 464 g/mol. The number of nitrogens with zero attached hydrogens (tertiary/aromatic N) is 1. The van der Waals surface area contributed by atoms with Crippen molar-refractivity contribution in [1.82, 2.24) is 10.3 Å². The van der Waals surface area contributed by atoms with Gasteiger partial charge in [-0.3, -0.25) is 4.79 Å². The molecule has 0 radical (unpaired) electrons. The van der Waals surface area contributed by atoms with Crippen LogP contribution < -0.4 is 14.8 Å². The first-order valence-corrected chi connectivity index (χ1v) is 11.4. The number of rotatable bonds is 10. The van der Waals surface area contributed by atoms with Gasteiger partial charge in [0.15, 0.2) is 17.2 Å². The number of esters is 1. The molecule has 186 valence electrons. The number of carbonyl (C=O) groups excluding carboxylic acids is 2. The number of carboxylic acids is 1. The Balaban J connectivity index is 1.73. The second-order valence-corrected chi connectivity index (χ2v) is 8.37. The van der Waals surface area contributed by atoms with Crippen molar-refractivity contribution < 1.29 is 33.7 Å². The number of carbonyl (C=O) groups is 3. The van der Waals surface area contributed by atoms with Gasteiger partial charge in [0, 0.05) is 17.7 Å². The average molecular weight is 491 g/mol. The Morgan fingerprint density at radius 2 is 1.75 bits per heavy atom. The Hall–Kier alpha value is -4.40. The zero-order chi connectivity index (χ0) is 25.7. The molecule has 3 aromatic rings. The summed E-state index contributed by atoms with van der Waals surface area (Å²) < 4.78 is 16.2. The lowest BCUT2D eigenvalue weighted by atomic mass is 9.96. The van der Waals surface area contributed by atoms with E-state index in [0.717, 1.165) is 18.4 Å². The zero-order valence-corrected chi connectivity index (χ0v) is 19.9. The lowest BCUT2D eigenvalue weighted by molar-refractivity contribution is 0.0593. The molecule has 9 heteroatoms. The number of hydrogen-bond acceptors (Lipinski definition) is 7. The van der Waals surface area contributed by atoms with E-state index in [1.165, 1.54) is 38.5 Å². The van der Waals surface area contributed by atoms with Crippen LogP contribution in [0, 0.1) is 5.92 Å². The highest BCUT2D eigenvalue weighted by atomic mass is 16.5. The van der Waals surface area contributed by atoms with E-state index < -0.39 is 17.8 Å². The monoisotopic (exact) mass is 490 g/mol. The molecule has 1 heterocycles. The van der Waals surface area contributed by atoms with Gasteiger partial charge in [0.2, 0.25) is 0 Å². The highest BCUT2D eigenvalue weighted by molar-refractivity contribution is 6.03. The fourth-order valence-corrected chi connectivity index (χ4v) is 3.67. The van der Waals surface area contributed by atoms with E-state index in [0.29, 0.717) is 12.5 Å². The maximum Gasteiger partial charge on any atom is 0.357 e. The van der Waals surface area contributed by atoms with Crippen LogP contribution in [-0.2, 0) is 11.3 Å². The number of aromatic nitrogens is 1. The Morgan fingerprint density at radius 1 is 1.00 bits per heavy atom. The van der Waals surface area contributed by atoms with Crippen LogP contribution in [-0.4, -0.2) is 48.7 Å². The van der Waals surface area contributed by atoms with Crippen LogP contribution in [0.2, 0.25) is 0 Å². The number of methoxy groups -OCH3 is 2. The standard InChI is InChI=1S/C27H26N2O7/c1-34-22-12-19(20(26(31)32)13-23(22)36-15-17-6-4-3-5-7-17)18-10-11-21(29-24(18)27(33)35-2)25(30)28-14-16-8-9-16/h3-7,10-13,16H,8-9,14-15H2,1-2H3,(H,28,30)(H,31,32). The average Bonchev–Trinajstić information content (AvgIpc) is 3.74. The molecule has 0 unspecified atom stereocenters. The van der Waals surface area contributed by atoms with Crippen LogP contribution in [0.5, 0.6) is 11.5 Å². The number of pyridine rings is 1. The number of carboxylic acid groups (broad SMARTS) is 1. The van der Waals surface area contributed by atoms with E-state index in [-0.39, 0.29) is 46.2 Å². The molecular formula is C27H26N2O7. The molecule has 1 aliphatic carbocycles. The number of hydrogen-bond donors (Lipinski definition) is 2. The third-order valence-electron chi connectivity index (χ3n) is 5.82. The van der Waals surface area contributed by atoms with Crippen molar-refractivity contribution in [3.05, 3.63) is 77.1 Å². The lowest BCUT2D eigenvalue weighted by Crippen LogP contribution is -2.27. The summed E-state index contributed by atoms with van der Waals surface area (Å²) in [5, 5.41) is 12.8. The smallest absolute Gasteiger partial charge is 0.357 e. The molecule has 36 heavy (non-hydrogen) atoms. The van der Waals surface area contributed by atoms with Crippen molar-refractivity contribution in [3.63, 3.8) is 0 Å². The topological polar surface area (TPSA) is 124 Å². The van der Waals surface area contributed by atoms with Crippen LogP contribution >= 0.6 is 0 Å². The van der Waals surface area contributed by atoms with Crippen molar-refractivity contribution in [2.24, 2.45) is 5.92 Å². The lowest BCUT2D eigenvalue weighted by Gasteiger charge is -2.16. The zero-order valence-electron chi connectivity index (χ0n) is 19.9. The maximum absolute atomic E-state index is 12.6. The van der Waals surface area contributed by atoms with Crippen LogP contribution in [0.3, 0.4) is 0 Å². The normalized spacial score (nSPS) is 12.5. The first kappa shape index (κ1) is 24.7. The number of nitrogens with one attached hydrogen (secondary N) is 1. The summed E-state index contributed by atoms with van der Waals surface area (Å²) in [6.45, 7) is 0.746. The Morgan fingerprint density at radius 3 is 2.39 bits per heavy atom. The van der Waals surface area contributed by atoms with E-state index in [9.17, 15) is 19.5 Å². The van der Waals surface area contributed by atoms with Gasteiger partial charge in [-0.05, 0) is 48.6 Å². The van der Waals surface area contributed by atoms with Crippen molar-refractivity contribution in [2.45, 2.75) is 19.4 Å². The first-order valence-electron chi connectivity index (χ1n) is 11.4. The van der Waals surface area contributed by atoms with Crippen molar-refractivity contribution in [2.75, 3.05) is 20.8 Å². The summed E-state index contributed by atoms with van der Waals surface area (Å²) in [5.74, 6) is -1.49. The molecule has 0 bridgehead atoms. The minimum atomic E-state index is -1.24. The summed E-state index contributed by atoms with van der Waals surface area (Å²) in [6, 6.07) is 15.1. The van der Waals surface area contributed by atoms with Crippen LogP contribution in [0.1, 0.15) is 49.7 Å². The summed E-state index contributed by atoms with van der Waals surface area (Å²) >= 11 is 0. The Kier molecular flexibility index (Phi) is 7.48. The highest BCUT2D eigenvalue weighted by Crippen LogP contribution is 2.38. The molecule has 1 aliphatic rings. The van der Waals surface area contributed by atoms with Gasteiger partial charge in [-0.1, -0.05) is 30.3 Å². The predicted molar refractivity (Wildman–Crippen MR) is 130 cm³/mol. The van der Waals surface area contributed by atoms with E-state index in [1.807, 2.05) is 30.3 Å². The van der Waals surface area contributed by atoms with Crippen LogP contribution in [0.25, 0.3) is 11.1 Å². The second kappa shape index (κ2) is 10.9. The van der Waals surface area contributed by atoms with E-state index in [2.05, 4.69) is 10.3 Å². The van der Waals surface area contributed by atoms with Crippen LogP contribution in [0.4, 0.5) is 0 Å². The first-order chi connectivity index (χ1) is 17.4. The number of amides is 1. The van der Waals surface area contributed by atoms with Gasteiger partial charge in [0.05, 0.1) is 19.8 Å². The molecule has 1 aromatic heterocycles. The molecule has 9 nitrogen and oxygen atoms in total. The Labute approximate surface area is 208 Å². The molecule has 0 spiro atoms. The third-order valence-corrected chi connectivity index (χ3v) is 5.82. The SMILES string of the molecule is COC(=O)c1nc(C(=O)NCC2CC2)ccc1-c1cc(OC)c(OCc2ccccc2)cc1C(=O)O. The van der Waals surface area contributed by atoms with Gasteiger partial charge >= 0.3 is 11.9 Å². The number of benzene rings is 2. The van der Waals surface area contributed by atoms with Gasteiger partial charge in [-0.2, -0.15) is 0 Å². The molecule has 2 aromatic carbocycles. The number of ether oxygens (including phenoxy) is 3. The van der Waals surface area contributed by atoms with Crippen molar-refractivity contribution in [1.29, 1.82) is 0 Å². The number of aromatic carboxylic acids is 1. The summed E-state index contributed by atoms with van der Waals surface area (Å²) in [5.41, 5.74) is 0.977. The molecule has 0 saturated heterocycles. The molecule has 0 atom stereocenters. The van der Waals surface area contributed by atoms with Gasteiger partial charge < -0.3 is 24.6 Å². The molecule has 1 amide bonds. The third kappa shape index (κ3) is 5.63. The van der Waals surface area contributed by atoms with Gasteiger partial charge in [-0.25, -0.2) is 14.6 Å². The largest absolute Gasteiger partial charge is 0.493 e. The molecule has 0 aliphatic heterocycles. The molecule has 2 N–H and O–H groups in total. The summed E-state index contributed by atoms with van der Waals surface area (Å²) in [6.07, 6.45) is 2.15. The Bertz CT molecular complexity index is 1290. The van der Waals surface area contributed by atoms with Crippen molar-refractivity contribution in [3.8, 4) is 22.6 Å². The van der Waals surface area contributed by atoms with Gasteiger partial charge in [-0.15, -0.1) is 0 Å². The van der Waals surface area contributed by atoms with E-state index in [1.54, 1.807) is 0 Å². The minimum Gasteiger partial charge on any atom is -0.493 e. The molecule has 4 rings (SSSR count). The fourth-order valence-electron chi connectivity index (χ4n) is 3.67. The molecule has 1 fully saturated rings. The predicted octanol–water partition coefficient (Wildman–Crippen LogP) is 3.96. The van der Waals surface area contributed by atoms with E-state index >= 15 is 0 Å². The minimum absolute atomic E-state index is 0.0338. The van der Waals surface area contributed by atoms with Crippen molar-refractivity contribution >= 4 is 17.8 Å². The quantitative estimate of drug-likeness (QED) is 0.409. The van der Waals surface area contributed by atoms with E-state index in [4.69, 9.17) is 14.2 Å². The second-order valence-electron chi connectivity index (χ2n) is 8.37. The summed E-state index contributed by atoms with van der Waals surface area (Å²) in [4.78, 5) is 41.6. The van der Waals surface area contributed by atoms with Crippen LogP contribution in [0.15, 0.2) is 54.6 Å². The van der Waals surface area contributed by atoms with Gasteiger partial charge in [0.1, 0.15) is 12.3 Å². The fraction of sp³-hybridized carbons (Fsp3) is 0.259. The van der Waals surface area contributed by atoms with Gasteiger partial charge in [0.25, 0.3) is 5.91 Å². The molecule has 1 saturated carbocycles. The maximum atomic E-state index is 12.6. The highest BCUT2D eigenvalue weighted by Gasteiger charge is 2.26. The summed E-state index contributed by atoms with van der Waals surface area (Å²) in [7, 11) is 2.62.